The maximum atomic E-state index is 13.3. The standard InChI is InChI=1S/C25H21F3N2O6/c26-25(27,28)21-10-9-14(30(34)35)11-19(21)23(32)22(31)12-29-24(33)36-13-20-17-7-3-1-5-15(17)16-6-2-4-8-18(16)20/h1-11,20,22-23,31-32H,12-13H2,(H,29,33). The van der Waals surface area contributed by atoms with E-state index in [4.69, 9.17) is 4.74 Å². The van der Waals surface area contributed by atoms with Gasteiger partial charge < -0.3 is 20.3 Å². The fourth-order valence-electron chi connectivity index (χ4n) is 4.32. The molecule has 0 aliphatic heterocycles. The van der Waals surface area contributed by atoms with Crippen molar-refractivity contribution >= 4 is 11.8 Å². The van der Waals surface area contributed by atoms with Gasteiger partial charge in [0.25, 0.3) is 5.69 Å². The van der Waals surface area contributed by atoms with Gasteiger partial charge in [0.2, 0.25) is 0 Å². The maximum absolute atomic E-state index is 13.3. The van der Waals surface area contributed by atoms with Crippen molar-refractivity contribution in [2.45, 2.75) is 24.3 Å². The molecule has 0 saturated heterocycles. The first-order valence-electron chi connectivity index (χ1n) is 10.9. The Bertz CT molecular complexity index is 1250. The number of alkyl carbamates (subject to hydrolysis) is 1. The summed E-state index contributed by atoms with van der Waals surface area (Å²) in [6.45, 7) is -0.681. The van der Waals surface area contributed by atoms with Gasteiger partial charge in [-0.25, -0.2) is 4.79 Å². The highest BCUT2D eigenvalue weighted by Crippen LogP contribution is 2.44. The Balaban J connectivity index is 1.40. The second-order valence-corrected chi connectivity index (χ2v) is 8.25. The number of aliphatic hydroxyl groups is 2. The normalized spacial score (nSPS) is 14.5. The summed E-state index contributed by atoms with van der Waals surface area (Å²) in [5.41, 5.74) is 1.11. The number of nitro benzene ring substituents is 1. The van der Waals surface area contributed by atoms with Crippen LogP contribution in [0.15, 0.2) is 66.7 Å². The number of amides is 1. The average molecular weight is 502 g/mol. The molecule has 3 aromatic carbocycles. The summed E-state index contributed by atoms with van der Waals surface area (Å²) in [4.78, 5) is 22.3. The highest BCUT2D eigenvalue weighted by Gasteiger charge is 2.37. The van der Waals surface area contributed by atoms with Crippen molar-refractivity contribution in [3.63, 3.8) is 0 Å². The number of non-ortho nitro benzene ring substituents is 1. The van der Waals surface area contributed by atoms with Gasteiger partial charge in [0.15, 0.2) is 0 Å². The molecular formula is C25H21F3N2O6. The molecule has 2 atom stereocenters. The Hall–Kier alpha value is -3.96. The number of nitrogens with one attached hydrogen (secondary N) is 1. The van der Waals surface area contributed by atoms with Gasteiger partial charge in [-0.3, -0.25) is 10.1 Å². The highest BCUT2D eigenvalue weighted by atomic mass is 19.4. The maximum Gasteiger partial charge on any atom is 0.416 e. The van der Waals surface area contributed by atoms with Crippen molar-refractivity contribution < 1.29 is 37.8 Å². The van der Waals surface area contributed by atoms with Gasteiger partial charge in [0, 0.05) is 30.2 Å². The minimum absolute atomic E-state index is 0.0262. The summed E-state index contributed by atoms with van der Waals surface area (Å²) in [6.07, 6.45) is -9.92. The lowest BCUT2D eigenvalue weighted by Gasteiger charge is -2.22. The first-order valence-corrected chi connectivity index (χ1v) is 10.9. The van der Waals surface area contributed by atoms with E-state index in [1.54, 1.807) is 0 Å². The molecule has 0 radical (unpaired) electrons. The number of hydrogen-bond donors (Lipinski definition) is 3. The molecule has 36 heavy (non-hydrogen) atoms. The van der Waals surface area contributed by atoms with Crippen molar-refractivity contribution in [1.82, 2.24) is 5.32 Å². The number of nitro groups is 1. The molecule has 11 heteroatoms. The lowest BCUT2D eigenvalue weighted by molar-refractivity contribution is -0.385. The Kier molecular flexibility index (Phi) is 6.95. The Morgan fingerprint density at radius 3 is 2.17 bits per heavy atom. The number of hydrogen-bond acceptors (Lipinski definition) is 6. The first-order chi connectivity index (χ1) is 17.1. The molecule has 0 aromatic heterocycles. The zero-order valence-electron chi connectivity index (χ0n) is 18.6. The zero-order valence-corrected chi connectivity index (χ0v) is 18.6. The van der Waals surface area contributed by atoms with E-state index in [9.17, 15) is 38.3 Å². The molecule has 8 nitrogen and oxygen atoms in total. The van der Waals surface area contributed by atoms with Gasteiger partial charge in [-0.15, -0.1) is 0 Å². The molecule has 1 aliphatic carbocycles. The number of halogens is 3. The van der Waals surface area contributed by atoms with E-state index in [0.29, 0.717) is 18.2 Å². The predicted molar refractivity (Wildman–Crippen MR) is 122 cm³/mol. The van der Waals surface area contributed by atoms with Crippen molar-refractivity contribution in [2.24, 2.45) is 0 Å². The van der Waals surface area contributed by atoms with Crippen molar-refractivity contribution in [1.29, 1.82) is 0 Å². The first kappa shape index (κ1) is 25.1. The third kappa shape index (κ3) is 5.02. The third-order valence-corrected chi connectivity index (χ3v) is 6.03. The van der Waals surface area contributed by atoms with Crippen LogP contribution in [0.3, 0.4) is 0 Å². The fraction of sp³-hybridized carbons (Fsp3) is 0.240. The van der Waals surface area contributed by atoms with E-state index in [1.807, 2.05) is 48.5 Å². The monoisotopic (exact) mass is 502 g/mol. The molecule has 188 valence electrons. The van der Waals surface area contributed by atoms with Gasteiger partial charge in [-0.2, -0.15) is 13.2 Å². The van der Waals surface area contributed by atoms with E-state index >= 15 is 0 Å². The second-order valence-electron chi connectivity index (χ2n) is 8.25. The van der Waals surface area contributed by atoms with Gasteiger partial charge >= 0.3 is 12.3 Å². The number of alkyl halides is 3. The molecule has 0 saturated carbocycles. The predicted octanol–water partition coefficient (Wildman–Crippen LogP) is 4.55. The lowest BCUT2D eigenvalue weighted by atomic mass is 9.97. The molecule has 3 N–H and O–H groups in total. The van der Waals surface area contributed by atoms with Crippen LogP contribution in [-0.2, 0) is 10.9 Å². The van der Waals surface area contributed by atoms with Crippen molar-refractivity contribution in [3.8, 4) is 11.1 Å². The molecule has 0 bridgehead atoms. The van der Waals surface area contributed by atoms with Crippen molar-refractivity contribution in [2.75, 3.05) is 13.2 Å². The molecule has 0 heterocycles. The number of aliphatic hydroxyl groups excluding tert-OH is 2. The van der Waals surface area contributed by atoms with Crippen LogP contribution in [-0.4, -0.2) is 40.5 Å². The topological polar surface area (TPSA) is 122 Å². The summed E-state index contributed by atoms with van der Waals surface area (Å²) in [7, 11) is 0. The summed E-state index contributed by atoms with van der Waals surface area (Å²) >= 11 is 0. The zero-order chi connectivity index (χ0) is 26.0. The number of nitrogens with zero attached hydrogens (tertiary/aromatic N) is 1. The molecule has 4 rings (SSSR count). The minimum Gasteiger partial charge on any atom is -0.449 e. The molecule has 0 spiro atoms. The number of ether oxygens (including phenoxy) is 1. The van der Waals surface area contributed by atoms with Crippen LogP contribution in [0.4, 0.5) is 23.7 Å². The van der Waals surface area contributed by atoms with Crippen LogP contribution in [0, 0.1) is 10.1 Å². The molecule has 3 aromatic rings. The third-order valence-electron chi connectivity index (χ3n) is 6.03. The molecule has 1 aliphatic rings. The fourth-order valence-corrected chi connectivity index (χ4v) is 4.32. The van der Waals surface area contributed by atoms with Gasteiger partial charge in [0.1, 0.15) is 18.8 Å². The summed E-state index contributed by atoms with van der Waals surface area (Å²) in [5.74, 6) is -0.224. The average Bonchev–Trinajstić information content (AvgIpc) is 3.18. The Labute approximate surface area is 203 Å². The quantitative estimate of drug-likeness (QED) is 0.322. The lowest BCUT2D eigenvalue weighted by Crippen LogP contribution is -2.36. The van der Waals surface area contributed by atoms with Crippen LogP contribution in [0.25, 0.3) is 11.1 Å². The highest BCUT2D eigenvalue weighted by molar-refractivity contribution is 5.79. The van der Waals surface area contributed by atoms with E-state index in [1.165, 1.54) is 0 Å². The number of benzene rings is 3. The van der Waals surface area contributed by atoms with Crippen LogP contribution in [0.1, 0.15) is 34.3 Å². The molecular weight excluding hydrogens is 481 g/mol. The number of rotatable bonds is 7. The van der Waals surface area contributed by atoms with Crippen LogP contribution < -0.4 is 5.32 Å². The smallest absolute Gasteiger partial charge is 0.416 e. The minimum atomic E-state index is -4.93. The molecule has 1 amide bonds. The van der Waals surface area contributed by atoms with Crippen LogP contribution in [0.2, 0.25) is 0 Å². The Morgan fingerprint density at radius 2 is 1.61 bits per heavy atom. The number of carbonyl (C=O) groups excluding carboxylic acids is 1. The van der Waals surface area contributed by atoms with E-state index < -0.39 is 52.8 Å². The molecule has 2 unspecified atom stereocenters. The van der Waals surface area contributed by atoms with E-state index in [0.717, 1.165) is 22.3 Å². The van der Waals surface area contributed by atoms with Gasteiger partial charge in [0.05, 0.1) is 10.5 Å². The summed E-state index contributed by atoms with van der Waals surface area (Å²) in [5, 5.41) is 33.7. The SMILES string of the molecule is O=C(NCC(O)C(O)c1cc([N+](=O)[O-])ccc1C(F)(F)F)OCC1c2ccccc2-c2ccccc21. The van der Waals surface area contributed by atoms with Gasteiger partial charge in [-0.05, 0) is 28.3 Å². The van der Waals surface area contributed by atoms with Crippen molar-refractivity contribution in [3.05, 3.63) is 99.1 Å². The van der Waals surface area contributed by atoms with E-state index in [-0.39, 0.29) is 12.5 Å². The van der Waals surface area contributed by atoms with Crippen LogP contribution in [0.5, 0.6) is 0 Å². The van der Waals surface area contributed by atoms with E-state index in [2.05, 4.69) is 5.32 Å². The Morgan fingerprint density at radius 1 is 1.03 bits per heavy atom. The summed E-state index contributed by atoms with van der Waals surface area (Å²) < 4.78 is 45.3. The largest absolute Gasteiger partial charge is 0.449 e. The number of carbonyl (C=O) groups is 1. The van der Waals surface area contributed by atoms with Gasteiger partial charge in [-0.1, -0.05) is 48.5 Å². The second kappa shape index (κ2) is 9.96. The summed E-state index contributed by atoms with van der Waals surface area (Å²) in [6, 6.07) is 17.0. The van der Waals surface area contributed by atoms with Crippen LogP contribution >= 0.6 is 0 Å². The molecule has 0 fully saturated rings. The number of fused-ring (bicyclic) bond motifs is 3.